The summed E-state index contributed by atoms with van der Waals surface area (Å²) in [7, 11) is -1.99. The molecule has 0 aliphatic heterocycles. The van der Waals surface area contributed by atoms with E-state index in [0.29, 0.717) is 12.6 Å². The predicted molar refractivity (Wildman–Crippen MR) is 77.9 cm³/mol. The van der Waals surface area contributed by atoms with Gasteiger partial charge in [-0.25, -0.2) is 17.9 Å². The molecule has 3 N–H and O–H groups in total. The van der Waals surface area contributed by atoms with Gasteiger partial charge in [-0.3, -0.25) is 5.10 Å². The van der Waals surface area contributed by atoms with Gasteiger partial charge in [-0.2, -0.15) is 5.10 Å². The number of carboxylic acid groups (broad SMARTS) is 1. The van der Waals surface area contributed by atoms with Crippen LogP contribution in [0.3, 0.4) is 0 Å². The lowest BCUT2D eigenvalue weighted by Crippen LogP contribution is -2.37. The topological polar surface area (TPSA) is 115 Å². The number of hydrogen-bond donors (Lipinski definition) is 3. The molecule has 0 amide bonds. The number of nitrogens with one attached hydrogen (secondary N) is 2. The summed E-state index contributed by atoms with van der Waals surface area (Å²) in [5.74, 6) is -1.38. The van der Waals surface area contributed by atoms with Gasteiger partial charge in [0.05, 0.1) is 5.69 Å². The van der Waals surface area contributed by atoms with Crippen LogP contribution in [-0.2, 0) is 10.0 Å². The van der Waals surface area contributed by atoms with Gasteiger partial charge in [-0.05, 0) is 27.3 Å². The van der Waals surface area contributed by atoms with Crippen molar-refractivity contribution in [1.29, 1.82) is 0 Å². The van der Waals surface area contributed by atoms with Crippen molar-refractivity contribution in [2.24, 2.45) is 0 Å². The molecule has 0 radical (unpaired) electrons. The summed E-state index contributed by atoms with van der Waals surface area (Å²) >= 11 is 0. The molecule has 1 rings (SSSR count). The van der Waals surface area contributed by atoms with Crippen molar-refractivity contribution in [3.8, 4) is 0 Å². The van der Waals surface area contributed by atoms with Crippen LogP contribution in [0.25, 0.3) is 0 Å². The van der Waals surface area contributed by atoms with Gasteiger partial charge in [-0.1, -0.05) is 6.92 Å². The molecule has 1 aromatic heterocycles. The van der Waals surface area contributed by atoms with Crippen molar-refractivity contribution in [2.75, 3.05) is 20.1 Å². The number of aryl methyl sites for hydroxylation is 1. The number of carboxylic acids is 1. The number of hydrogen-bond acceptors (Lipinski definition) is 5. The number of aromatic amines is 1. The van der Waals surface area contributed by atoms with Crippen molar-refractivity contribution in [2.45, 2.75) is 38.1 Å². The summed E-state index contributed by atoms with van der Waals surface area (Å²) in [4.78, 5) is 12.7. The second-order valence-electron chi connectivity index (χ2n) is 4.97. The zero-order valence-electron chi connectivity index (χ0n) is 12.7. The fourth-order valence-corrected chi connectivity index (χ4v) is 3.19. The van der Waals surface area contributed by atoms with E-state index in [4.69, 9.17) is 5.11 Å². The van der Waals surface area contributed by atoms with E-state index in [2.05, 4.69) is 28.8 Å². The number of H-pyrrole nitrogens is 1. The lowest BCUT2D eigenvalue weighted by atomic mass is 10.2. The highest BCUT2D eigenvalue weighted by molar-refractivity contribution is 7.89. The van der Waals surface area contributed by atoms with Crippen LogP contribution in [0.2, 0.25) is 0 Å². The first-order chi connectivity index (χ1) is 9.70. The Hall–Kier alpha value is -1.45. The van der Waals surface area contributed by atoms with E-state index in [1.54, 1.807) is 0 Å². The Labute approximate surface area is 124 Å². The van der Waals surface area contributed by atoms with Gasteiger partial charge in [0.2, 0.25) is 10.0 Å². The molecule has 0 bridgehead atoms. The van der Waals surface area contributed by atoms with Crippen LogP contribution in [0.1, 0.15) is 36.5 Å². The van der Waals surface area contributed by atoms with E-state index in [0.717, 1.165) is 6.42 Å². The molecule has 9 heteroatoms. The maximum Gasteiger partial charge on any atom is 0.357 e. The van der Waals surface area contributed by atoms with Gasteiger partial charge >= 0.3 is 5.97 Å². The lowest BCUT2D eigenvalue weighted by Gasteiger charge is -2.23. The molecular formula is C12H22N4O4S. The second kappa shape index (κ2) is 7.01. The molecule has 0 spiro atoms. The Morgan fingerprint density at radius 3 is 2.67 bits per heavy atom. The summed E-state index contributed by atoms with van der Waals surface area (Å²) in [6.45, 7) is 6.32. The molecule has 0 fully saturated rings. The molecule has 8 nitrogen and oxygen atoms in total. The highest BCUT2D eigenvalue weighted by Crippen LogP contribution is 2.17. The van der Waals surface area contributed by atoms with Crippen LogP contribution in [0.4, 0.5) is 0 Å². The SMILES string of the molecule is CCC(C)N(C)CCNS(=O)(=O)c1c(C(=O)O)n[nH]c1C. The molecular weight excluding hydrogens is 296 g/mol. The van der Waals surface area contributed by atoms with Crippen molar-refractivity contribution >= 4 is 16.0 Å². The number of aromatic nitrogens is 2. The fourth-order valence-electron chi connectivity index (χ4n) is 1.85. The van der Waals surface area contributed by atoms with Crippen LogP contribution in [0.15, 0.2) is 4.90 Å². The van der Waals surface area contributed by atoms with E-state index < -0.39 is 21.7 Å². The minimum Gasteiger partial charge on any atom is -0.476 e. The van der Waals surface area contributed by atoms with Crippen molar-refractivity contribution in [3.63, 3.8) is 0 Å². The Balaban J connectivity index is 2.79. The van der Waals surface area contributed by atoms with Gasteiger partial charge in [0, 0.05) is 19.1 Å². The molecule has 0 aliphatic rings. The number of nitrogens with zero attached hydrogens (tertiary/aromatic N) is 2. The summed E-state index contributed by atoms with van der Waals surface area (Å²) in [6.07, 6.45) is 0.966. The Morgan fingerprint density at radius 2 is 2.14 bits per heavy atom. The number of sulfonamides is 1. The maximum atomic E-state index is 12.2. The smallest absolute Gasteiger partial charge is 0.357 e. The van der Waals surface area contributed by atoms with E-state index >= 15 is 0 Å². The highest BCUT2D eigenvalue weighted by atomic mass is 32.2. The minimum absolute atomic E-state index is 0.201. The number of aromatic carboxylic acids is 1. The first-order valence-corrected chi connectivity index (χ1v) is 8.17. The Bertz CT molecular complexity index is 596. The Morgan fingerprint density at radius 1 is 1.52 bits per heavy atom. The summed E-state index contributed by atoms with van der Waals surface area (Å²) in [5.41, 5.74) is -0.287. The van der Waals surface area contributed by atoms with E-state index in [1.807, 2.05) is 11.9 Å². The number of rotatable bonds is 8. The van der Waals surface area contributed by atoms with E-state index in [1.165, 1.54) is 6.92 Å². The molecule has 1 aromatic rings. The number of carbonyl (C=O) groups is 1. The van der Waals surface area contributed by atoms with Gasteiger partial charge in [0.25, 0.3) is 0 Å². The number of likely N-dealkylation sites (N-methyl/N-ethyl adjacent to an activating group) is 1. The summed E-state index contributed by atoms with van der Waals surface area (Å²) < 4.78 is 26.8. The quantitative estimate of drug-likeness (QED) is 0.640. The standard InChI is InChI=1S/C12H22N4O4S/c1-5-8(2)16(4)7-6-13-21(19,20)11-9(3)14-15-10(11)12(17)18/h8,13H,5-7H2,1-4H3,(H,14,15)(H,17,18). The Kier molecular flexibility index (Phi) is 5.87. The maximum absolute atomic E-state index is 12.2. The van der Waals surface area contributed by atoms with Crippen LogP contribution >= 0.6 is 0 Å². The van der Waals surface area contributed by atoms with Crippen molar-refractivity contribution < 1.29 is 18.3 Å². The first-order valence-electron chi connectivity index (χ1n) is 6.68. The van der Waals surface area contributed by atoms with Crippen LogP contribution in [0.5, 0.6) is 0 Å². The molecule has 21 heavy (non-hydrogen) atoms. The van der Waals surface area contributed by atoms with Crippen LogP contribution < -0.4 is 4.72 Å². The van der Waals surface area contributed by atoms with Gasteiger partial charge in [-0.15, -0.1) is 0 Å². The molecule has 0 saturated carbocycles. The molecule has 120 valence electrons. The average Bonchev–Trinajstić information content (AvgIpc) is 2.80. The predicted octanol–water partition coefficient (Wildman–Crippen LogP) is 0.425. The molecule has 1 heterocycles. The summed E-state index contributed by atoms with van der Waals surface area (Å²) in [6, 6.07) is 0.347. The van der Waals surface area contributed by atoms with Crippen LogP contribution in [-0.4, -0.2) is 60.8 Å². The van der Waals surface area contributed by atoms with Gasteiger partial charge in [0.15, 0.2) is 5.69 Å². The highest BCUT2D eigenvalue weighted by Gasteiger charge is 2.27. The minimum atomic E-state index is -3.90. The monoisotopic (exact) mass is 318 g/mol. The third-order valence-corrected chi connectivity index (χ3v) is 5.08. The van der Waals surface area contributed by atoms with E-state index in [-0.39, 0.29) is 17.1 Å². The largest absolute Gasteiger partial charge is 0.476 e. The fraction of sp³-hybridized carbons (Fsp3) is 0.667. The molecule has 1 atom stereocenters. The zero-order valence-corrected chi connectivity index (χ0v) is 13.5. The molecule has 0 aliphatic carbocycles. The normalized spacial score (nSPS) is 13.6. The van der Waals surface area contributed by atoms with Crippen LogP contribution in [0, 0.1) is 6.92 Å². The zero-order chi connectivity index (χ0) is 16.2. The molecule has 0 aromatic carbocycles. The molecule has 1 unspecified atom stereocenters. The van der Waals surface area contributed by atoms with Crippen molar-refractivity contribution in [1.82, 2.24) is 19.8 Å². The lowest BCUT2D eigenvalue weighted by molar-refractivity contribution is 0.0686. The van der Waals surface area contributed by atoms with Gasteiger partial charge < -0.3 is 10.0 Å². The molecule has 0 saturated heterocycles. The summed E-state index contributed by atoms with van der Waals surface area (Å²) in [5, 5.41) is 14.9. The van der Waals surface area contributed by atoms with Gasteiger partial charge in [0.1, 0.15) is 4.90 Å². The van der Waals surface area contributed by atoms with Crippen molar-refractivity contribution in [3.05, 3.63) is 11.4 Å². The third-order valence-electron chi connectivity index (χ3n) is 3.46. The first kappa shape index (κ1) is 17.6. The second-order valence-corrected chi connectivity index (χ2v) is 6.67. The van der Waals surface area contributed by atoms with E-state index in [9.17, 15) is 13.2 Å². The average molecular weight is 318 g/mol. The third kappa shape index (κ3) is 4.26.